The lowest BCUT2D eigenvalue weighted by Gasteiger charge is -2.14. The SMILES string of the molecule is CC(Oc1cccc(C(N)=S)c1)C(=O)NCc1ccco1. The van der Waals surface area contributed by atoms with Gasteiger partial charge in [-0.2, -0.15) is 0 Å². The van der Waals surface area contributed by atoms with E-state index in [4.69, 9.17) is 27.1 Å². The first-order valence-electron chi connectivity index (χ1n) is 6.43. The van der Waals surface area contributed by atoms with Crippen LogP contribution < -0.4 is 15.8 Å². The van der Waals surface area contributed by atoms with Crippen LogP contribution in [0.15, 0.2) is 47.1 Å². The number of hydrogen-bond donors (Lipinski definition) is 2. The molecule has 1 heterocycles. The van der Waals surface area contributed by atoms with Crippen LogP contribution in [0.4, 0.5) is 0 Å². The van der Waals surface area contributed by atoms with E-state index >= 15 is 0 Å². The third-order valence-corrected chi connectivity index (χ3v) is 3.05. The van der Waals surface area contributed by atoms with E-state index in [9.17, 15) is 4.79 Å². The number of ether oxygens (including phenoxy) is 1. The molecule has 0 spiro atoms. The molecular formula is C15H16N2O3S. The standard InChI is InChI=1S/C15H16N2O3S/c1-10(15(18)17-9-13-6-3-7-19-13)20-12-5-2-4-11(8-12)14(16)21/h2-8,10H,9H2,1H3,(H2,16,21)(H,17,18). The summed E-state index contributed by atoms with van der Waals surface area (Å²) in [6.45, 7) is 2.00. The average molecular weight is 304 g/mol. The summed E-state index contributed by atoms with van der Waals surface area (Å²) in [6.07, 6.45) is 0.921. The second-order valence-corrected chi connectivity index (χ2v) is 4.89. The Bertz CT molecular complexity index is 626. The van der Waals surface area contributed by atoms with E-state index in [0.29, 0.717) is 23.6 Å². The Labute approximate surface area is 128 Å². The molecule has 0 saturated carbocycles. The Morgan fingerprint density at radius 2 is 2.24 bits per heavy atom. The molecule has 21 heavy (non-hydrogen) atoms. The van der Waals surface area contributed by atoms with Crippen LogP contribution >= 0.6 is 12.2 Å². The molecule has 0 aliphatic rings. The Morgan fingerprint density at radius 3 is 2.90 bits per heavy atom. The van der Waals surface area contributed by atoms with E-state index in [0.717, 1.165) is 0 Å². The Morgan fingerprint density at radius 1 is 1.43 bits per heavy atom. The van der Waals surface area contributed by atoms with Crippen LogP contribution in [0, 0.1) is 0 Å². The van der Waals surface area contributed by atoms with Crippen molar-refractivity contribution >= 4 is 23.1 Å². The van der Waals surface area contributed by atoms with Gasteiger partial charge in [0.05, 0.1) is 12.8 Å². The molecular weight excluding hydrogens is 288 g/mol. The highest BCUT2D eigenvalue weighted by Gasteiger charge is 2.15. The van der Waals surface area contributed by atoms with Crippen LogP contribution in [0.2, 0.25) is 0 Å². The molecule has 0 saturated heterocycles. The molecule has 1 aromatic heterocycles. The van der Waals surface area contributed by atoms with Crippen LogP contribution in [-0.2, 0) is 11.3 Å². The molecule has 2 aromatic rings. The van der Waals surface area contributed by atoms with Crippen molar-refractivity contribution in [2.24, 2.45) is 5.73 Å². The average Bonchev–Trinajstić information content (AvgIpc) is 2.98. The molecule has 1 aromatic carbocycles. The Kier molecular flexibility index (Phi) is 4.94. The zero-order chi connectivity index (χ0) is 15.2. The van der Waals surface area contributed by atoms with E-state index < -0.39 is 6.10 Å². The van der Waals surface area contributed by atoms with Gasteiger partial charge in [0.2, 0.25) is 0 Å². The lowest BCUT2D eigenvalue weighted by Crippen LogP contribution is -2.35. The highest BCUT2D eigenvalue weighted by Crippen LogP contribution is 2.15. The van der Waals surface area contributed by atoms with Crippen molar-refractivity contribution in [1.82, 2.24) is 5.32 Å². The third kappa shape index (κ3) is 4.32. The van der Waals surface area contributed by atoms with Gasteiger partial charge >= 0.3 is 0 Å². The predicted octanol–water partition coefficient (Wildman–Crippen LogP) is 2.00. The number of rotatable bonds is 6. The number of carbonyl (C=O) groups is 1. The number of thiocarbonyl (C=S) groups is 1. The normalized spacial score (nSPS) is 11.7. The summed E-state index contributed by atoms with van der Waals surface area (Å²) in [5, 5.41) is 2.73. The minimum absolute atomic E-state index is 0.230. The van der Waals surface area contributed by atoms with Gasteiger partial charge in [-0.3, -0.25) is 4.79 Å². The fraction of sp³-hybridized carbons (Fsp3) is 0.200. The minimum atomic E-state index is -0.637. The number of carbonyl (C=O) groups excluding carboxylic acids is 1. The number of furan rings is 1. The van der Waals surface area contributed by atoms with Crippen LogP contribution in [0.1, 0.15) is 18.2 Å². The van der Waals surface area contributed by atoms with E-state index in [1.807, 2.05) is 0 Å². The van der Waals surface area contributed by atoms with E-state index in [1.165, 1.54) is 0 Å². The van der Waals surface area contributed by atoms with Gasteiger partial charge in [-0.25, -0.2) is 0 Å². The number of hydrogen-bond acceptors (Lipinski definition) is 4. The Hall–Kier alpha value is -2.34. The van der Waals surface area contributed by atoms with Crippen molar-refractivity contribution in [3.8, 4) is 5.75 Å². The van der Waals surface area contributed by atoms with Crippen LogP contribution in [0.25, 0.3) is 0 Å². The van der Waals surface area contributed by atoms with Gasteiger partial charge in [-0.15, -0.1) is 0 Å². The molecule has 5 nitrogen and oxygen atoms in total. The summed E-state index contributed by atoms with van der Waals surface area (Å²) in [5.41, 5.74) is 6.26. The molecule has 0 aliphatic carbocycles. The summed E-state index contributed by atoms with van der Waals surface area (Å²) >= 11 is 4.91. The van der Waals surface area contributed by atoms with Gasteiger partial charge in [0.1, 0.15) is 16.5 Å². The van der Waals surface area contributed by atoms with Crippen LogP contribution in [0.3, 0.4) is 0 Å². The van der Waals surface area contributed by atoms with Crippen LogP contribution in [0.5, 0.6) is 5.75 Å². The first-order chi connectivity index (χ1) is 10.1. The molecule has 1 amide bonds. The fourth-order valence-electron chi connectivity index (χ4n) is 1.71. The number of nitrogens with one attached hydrogen (secondary N) is 1. The zero-order valence-electron chi connectivity index (χ0n) is 11.5. The minimum Gasteiger partial charge on any atom is -0.481 e. The highest BCUT2D eigenvalue weighted by atomic mass is 32.1. The molecule has 6 heteroatoms. The highest BCUT2D eigenvalue weighted by molar-refractivity contribution is 7.80. The number of benzene rings is 1. The van der Waals surface area contributed by atoms with E-state index in [-0.39, 0.29) is 10.9 Å². The third-order valence-electron chi connectivity index (χ3n) is 2.82. The predicted molar refractivity (Wildman–Crippen MR) is 83.0 cm³/mol. The number of nitrogens with two attached hydrogens (primary N) is 1. The second kappa shape index (κ2) is 6.90. The van der Waals surface area contributed by atoms with Crippen LogP contribution in [-0.4, -0.2) is 17.0 Å². The summed E-state index contributed by atoms with van der Waals surface area (Å²) in [6, 6.07) is 10.6. The molecule has 0 aliphatic heterocycles. The second-order valence-electron chi connectivity index (χ2n) is 4.45. The largest absolute Gasteiger partial charge is 0.481 e. The molecule has 2 rings (SSSR count). The van der Waals surface area contributed by atoms with Gasteiger partial charge in [-0.1, -0.05) is 24.4 Å². The maximum atomic E-state index is 11.9. The van der Waals surface area contributed by atoms with E-state index in [1.54, 1.807) is 49.6 Å². The molecule has 0 fully saturated rings. The van der Waals surface area contributed by atoms with Crippen molar-refractivity contribution in [2.75, 3.05) is 0 Å². The van der Waals surface area contributed by atoms with Gasteiger partial charge in [-0.05, 0) is 31.2 Å². The smallest absolute Gasteiger partial charge is 0.261 e. The van der Waals surface area contributed by atoms with Gasteiger partial charge in [0, 0.05) is 5.56 Å². The van der Waals surface area contributed by atoms with Gasteiger partial charge < -0.3 is 20.2 Å². The van der Waals surface area contributed by atoms with Crippen molar-refractivity contribution in [2.45, 2.75) is 19.6 Å². The maximum Gasteiger partial charge on any atom is 0.261 e. The Balaban J connectivity index is 1.91. The van der Waals surface area contributed by atoms with Gasteiger partial charge in [0.15, 0.2) is 6.10 Å². The zero-order valence-corrected chi connectivity index (χ0v) is 12.4. The molecule has 1 unspecified atom stereocenters. The van der Waals surface area contributed by atoms with E-state index in [2.05, 4.69) is 5.32 Å². The number of amides is 1. The maximum absolute atomic E-state index is 11.9. The molecule has 0 radical (unpaired) electrons. The summed E-state index contributed by atoms with van der Waals surface area (Å²) in [4.78, 5) is 12.2. The molecule has 3 N–H and O–H groups in total. The monoisotopic (exact) mass is 304 g/mol. The quantitative estimate of drug-likeness (QED) is 0.798. The van der Waals surface area contributed by atoms with Gasteiger partial charge in [0.25, 0.3) is 5.91 Å². The first-order valence-corrected chi connectivity index (χ1v) is 6.83. The summed E-state index contributed by atoms with van der Waals surface area (Å²) in [7, 11) is 0. The molecule has 0 bridgehead atoms. The lowest BCUT2D eigenvalue weighted by atomic mass is 10.2. The molecule has 1 atom stereocenters. The topological polar surface area (TPSA) is 77.5 Å². The van der Waals surface area contributed by atoms with Crippen molar-refractivity contribution in [1.29, 1.82) is 0 Å². The summed E-state index contributed by atoms with van der Waals surface area (Å²) < 4.78 is 10.7. The molecule has 110 valence electrons. The lowest BCUT2D eigenvalue weighted by molar-refractivity contribution is -0.127. The van der Waals surface area contributed by atoms with Crippen molar-refractivity contribution in [3.05, 3.63) is 54.0 Å². The van der Waals surface area contributed by atoms with Crippen molar-refractivity contribution in [3.63, 3.8) is 0 Å². The fourth-order valence-corrected chi connectivity index (χ4v) is 1.84. The first kappa shape index (κ1) is 15.1. The van der Waals surface area contributed by atoms with Crippen molar-refractivity contribution < 1.29 is 13.9 Å². The summed E-state index contributed by atoms with van der Waals surface area (Å²) in [5.74, 6) is 0.999.